The number of ether oxygens (including phenoxy) is 5. The van der Waals surface area contributed by atoms with Gasteiger partial charge in [0, 0.05) is 20.8 Å². The number of likely N-dealkylation sites (N-methyl/N-ethyl adjacent to an activating group) is 1. The third-order valence-corrected chi connectivity index (χ3v) is 3.80. The van der Waals surface area contributed by atoms with Gasteiger partial charge in [-0.05, 0) is 5.92 Å². The molecule has 28 heavy (non-hydrogen) atoms. The molecular weight excluding hydrogens is 485 g/mol. The van der Waals surface area contributed by atoms with Crippen LogP contribution in [0.3, 0.4) is 0 Å². The maximum absolute atomic E-state index is 11.5. The number of carbonyl (C=O) groups is 3. The average Bonchev–Trinajstić information content (AvgIpc) is 2.50. The van der Waals surface area contributed by atoms with Crippen molar-refractivity contribution in [1.29, 1.82) is 0 Å². The number of quaternary nitrogens is 1. The first kappa shape index (κ1) is 26.6. The van der Waals surface area contributed by atoms with Crippen LogP contribution in [0.5, 0.6) is 0 Å². The minimum absolute atomic E-state index is 0. The van der Waals surface area contributed by atoms with E-state index in [1.807, 2.05) is 14.1 Å². The third-order valence-electron chi connectivity index (χ3n) is 3.80. The van der Waals surface area contributed by atoms with Crippen LogP contribution in [0, 0.1) is 12.3 Å². The molecule has 0 unspecified atom stereocenters. The lowest BCUT2D eigenvalue weighted by atomic mass is 10.0. The summed E-state index contributed by atoms with van der Waals surface area (Å²) in [6.07, 6.45) is 1.34. The molecule has 9 nitrogen and oxygen atoms in total. The topological polar surface area (TPSA) is 97.4 Å². The smallest absolute Gasteiger partial charge is 0.303 e. The van der Waals surface area contributed by atoms with Gasteiger partial charge in [0.15, 0.2) is 24.6 Å². The Balaban J connectivity index is 0.00000729. The largest absolute Gasteiger partial charge is 1.00 e. The van der Waals surface area contributed by atoms with Crippen molar-refractivity contribution >= 4 is 17.9 Å². The Morgan fingerprint density at radius 3 is 2.07 bits per heavy atom. The van der Waals surface area contributed by atoms with E-state index in [0.29, 0.717) is 17.6 Å². The maximum atomic E-state index is 11.5. The van der Waals surface area contributed by atoms with Gasteiger partial charge in [-0.3, -0.25) is 14.4 Å². The highest BCUT2D eigenvalue weighted by Crippen LogP contribution is 2.25. The fraction of sp³-hybridized carbons (Fsp3) is 0.722. The Bertz CT molecular complexity index is 589. The molecule has 0 aromatic rings. The highest BCUT2D eigenvalue weighted by atomic mass is 127. The molecule has 10 heteroatoms. The van der Waals surface area contributed by atoms with Gasteiger partial charge < -0.3 is 52.1 Å². The summed E-state index contributed by atoms with van der Waals surface area (Å²) in [7, 11) is 3.90. The summed E-state index contributed by atoms with van der Waals surface area (Å²) in [5.74, 6) is 0.801. The zero-order chi connectivity index (χ0) is 20.6. The zero-order valence-electron chi connectivity index (χ0n) is 16.8. The summed E-state index contributed by atoms with van der Waals surface area (Å²) in [6.45, 7) is 4.95. The van der Waals surface area contributed by atoms with Gasteiger partial charge in [0.2, 0.25) is 0 Å². The van der Waals surface area contributed by atoms with Crippen molar-refractivity contribution in [3.63, 3.8) is 0 Å². The average molecular weight is 513 g/mol. The van der Waals surface area contributed by atoms with Gasteiger partial charge in [0.25, 0.3) is 0 Å². The molecule has 1 saturated heterocycles. The normalized spacial score (nSPS) is 24.3. The van der Waals surface area contributed by atoms with Crippen molar-refractivity contribution < 1.29 is 66.5 Å². The Labute approximate surface area is 182 Å². The monoisotopic (exact) mass is 513 g/mol. The van der Waals surface area contributed by atoms with Crippen molar-refractivity contribution in [2.24, 2.45) is 0 Å². The second kappa shape index (κ2) is 12.2. The maximum Gasteiger partial charge on any atom is 0.303 e. The first-order valence-corrected chi connectivity index (χ1v) is 8.56. The quantitative estimate of drug-likeness (QED) is 0.111. The fourth-order valence-corrected chi connectivity index (χ4v) is 2.59. The number of halogens is 1. The first-order valence-electron chi connectivity index (χ1n) is 8.56. The number of carbonyl (C=O) groups excluding carboxylic acids is 3. The fourth-order valence-electron chi connectivity index (χ4n) is 2.59. The van der Waals surface area contributed by atoms with E-state index in [0.717, 1.165) is 0 Å². The zero-order valence-corrected chi connectivity index (χ0v) is 19.0. The summed E-state index contributed by atoms with van der Waals surface area (Å²) in [4.78, 5) is 34.3. The highest BCUT2D eigenvalue weighted by Gasteiger charge is 2.47. The number of nitrogens with zero attached hydrogens (tertiary/aromatic N) is 1. The molecule has 0 spiro atoms. The van der Waals surface area contributed by atoms with E-state index in [9.17, 15) is 14.4 Å². The van der Waals surface area contributed by atoms with Crippen LogP contribution in [0.2, 0.25) is 0 Å². The molecule has 0 aromatic carbocycles. The predicted octanol–water partition coefficient (Wildman–Crippen LogP) is -3.13. The molecular formula is C18H28INO8. The van der Waals surface area contributed by atoms with Crippen molar-refractivity contribution in [2.75, 3.05) is 40.4 Å². The van der Waals surface area contributed by atoms with Gasteiger partial charge in [-0.25, -0.2) is 0 Å². The lowest BCUT2D eigenvalue weighted by Crippen LogP contribution is -3.00. The molecule has 0 aliphatic carbocycles. The number of terminal acetylenes is 1. The van der Waals surface area contributed by atoms with E-state index >= 15 is 0 Å². The summed E-state index contributed by atoms with van der Waals surface area (Å²) < 4.78 is 27.5. The Morgan fingerprint density at radius 2 is 1.57 bits per heavy atom. The molecule has 160 valence electrons. The number of rotatable bonds is 8. The number of hydrogen-bond donors (Lipinski definition) is 0. The van der Waals surface area contributed by atoms with Crippen LogP contribution in [-0.2, 0) is 38.1 Å². The molecule has 0 amide bonds. The lowest BCUT2D eigenvalue weighted by Gasteiger charge is -2.40. The molecule has 1 aliphatic heterocycles. The van der Waals surface area contributed by atoms with Crippen LogP contribution in [0.4, 0.5) is 0 Å². The molecule has 1 rings (SSSR count). The van der Waals surface area contributed by atoms with Gasteiger partial charge in [-0.2, -0.15) is 0 Å². The molecule has 1 aliphatic rings. The van der Waals surface area contributed by atoms with Gasteiger partial charge in [-0.1, -0.05) is 0 Å². The standard InChI is InChI=1S/C18H28NO8.HI/c1-7-8-19(5,6)9-10-23-18-17(27-14(4)22)16(26-13(3)21)15(11-24-18)25-12(2)20;/h1,15-18H,8-11H2,2-6H3;1H/q+1;/p-1/t15-,16-,17+,18-;/m0./s1. The summed E-state index contributed by atoms with van der Waals surface area (Å²) in [6, 6.07) is 0. The number of esters is 3. The molecule has 4 atom stereocenters. The molecule has 0 bridgehead atoms. The van der Waals surface area contributed by atoms with E-state index in [-0.39, 0.29) is 37.2 Å². The van der Waals surface area contributed by atoms with E-state index in [4.69, 9.17) is 30.1 Å². The molecule has 0 radical (unpaired) electrons. The second-order valence-electron chi connectivity index (χ2n) is 6.89. The van der Waals surface area contributed by atoms with Gasteiger partial charge in [0.05, 0.1) is 27.3 Å². The van der Waals surface area contributed by atoms with E-state index in [1.165, 1.54) is 20.8 Å². The SMILES string of the molecule is C#CC[N+](C)(C)CCO[C@H]1OC[C@H](OC(C)=O)[C@H](OC(C)=O)[C@H]1OC(C)=O.[I-]. The van der Waals surface area contributed by atoms with Crippen molar-refractivity contribution in [3.8, 4) is 12.3 Å². The van der Waals surface area contributed by atoms with Crippen LogP contribution < -0.4 is 24.0 Å². The lowest BCUT2D eigenvalue weighted by molar-refractivity contribution is -0.883. The van der Waals surface area contributed by atoms with Crippen molar-refractivity contribution in [1.82, 2.24) is 0 Å². The molecule has 0 N–H and O–H groups in total. The Kier molecular flexibility index (Phi) is 11.6. The van der Waals surface area contributed by atoms with E-state index < -0.39 is 42.5 Å². The first-order chi connectivity index (χ1) is 12.6. The minimum atomic E-state index is -1.08. The van der Waals surface area contributed by atoms with E-state index in [2.05, 4.69) is 5.92 Å². The van der Waals surface area contributed by atoms with Gasteiger partial charge >= 0.3 is 17.9 Å². The number of hydrogen-bond acceptors (Lipinski definition) is 8. The van der Waals surface area contributed by atoms with E-state index in [1.54, 1.807) is 0 Å². The molecule has 1 heterocycles. The van der Waals surface area contributed by atoms with Crippen LogP contribution in [0.1, 0.15) is 20.8 Å². The highest BCUT2D eigenvalue weighted by molar-refractivity contribution is 5.68. The summed E-state index contributed by atoms with van der Waals surface area (Å²) in [5.41, 5.74) is 0. The van der Waals surface area contributed by atoms with Crippen molar-refractivity contribution in [3.05, 3.63) is 0 Å². The van der Waals surface area contributed by atoms with Crippen LogP contribution in [-0.4, -0.2) is 87.4 Å². The van der Waals surface area contributed by atoms with Gasteiger partial charge in [0.1, 0.15) is 13.1 Å². The van der Waals surface area contributed by atoms with Gasteiger partial charge in [-0.15, -0.1) is 6.42 Å². The summed E-state index contributed by atoms with van der Waals surface area (Å²) >= 11 is 0. The van der Waals surface area contributed by atoms with Crippen LogP contribution in [0.25, 0.3) is 0 Å². The van der Waals surface area contributed by atoms with Crippen LogP contribution >= 0.6 is 0 Å². The molecule has 0 saturated carbocycles. The van der Waals surface area contributed by atoms with Crippen LogP contribution in [0.15, 0.2) is 0 Å². The summed E-state index contributed by atoms with van der Waals surface area (Å²) in [5, 5.41) is 0. The Morgan fingerprint density at radius 1 is 1.04 bits per heavy atom. The molecule has 1 fully saturated rings. The minimum Gasteiger partial charge on any atom is -1.00 e. The Hall–Kier alpha value is -1.42. The molecule has 0 aromatic heterocycles. The predicted molar refractivity (Wildman–Crippen MR) is 93.0 cm³/mol. The third kappa shape index (κ3) is 9.18. The van der Waals surface area contributed by atoms with Crippen molar-refractivity contribution in [2.45, 2.75) is 45.4 Å². The second-order valence-corrected chi connectivity index (χ2v) is 6.89.